The van der Waals surface area contributed by atoms with E-state index in [1.807, 2.05) is 13.8 Å². The van der Waals surface area contributed by atoms with Crippen molar-refractivity contribution in [1.82, 2.24) is 20.3 Å². The minimum atomic E-state index is -0.800. The van der Waals surface area contributed by atoms with Gasteiger partial charge in [-0.3, -0.25) is 9.59 Å². The van der Waals surface area contributed by atoms with Crippen molar-refractivity contribution >= 4 is 11.8 Å². The predicted molar refractivity (Wildman–Crippen MR) is 118 cm³/mol. The highest BCUT2D eigenvalue weighted by Crippen LogP contribution is 2.32. The van der Waals surface area contributed by atoms with E-state index in [1.165, 1.54) is 25.0 Å². The number of nitrogens with zero attached hydrogens (tertiary/aromatic N) is 3. The number of hydrogen-bond acceptors (Lipinski definition) is 5. The van der Waals surface area contributed by atoms with Crippen LogP contribution in [0.15, 0.2) is 28.8 Å². The van der Waals surface area contributed by atoms with Gasteiger partial charge in [0.2, 0.25) is 5.91 Å². The number of carbonyl (C=O) groups excluding carboxylic acids is 2. The van der Waals surface area contributed by atoms with Gasteiger partial charge < -0.3 is 19.6 Å². The first-order valence-corrected chi connectivity index (χ1v) is 11.6. The molecule has 0 radical (unpaired) electrons. The highest BCUT2D eigenvalue weighted by Gasteiger charge is 2.38. The molecular formula is C24H30F2N4O3. The molecule has 178 valence electrons. The quantitative estimate of drug-likeness (QED) is 0.654. The maximum Gasteiger partial charge on any atom is 0.273 e. The zero-order chi connectivity index (χ0) is 23.5. The van der Waals surface area contributed by atoms with Crippen molar-refractivity contribution < 1.29 is 22.9 Å². The molecule has 33 heavy (non-hydrogen) atoms. The fraction of sp³-hybridized carbons (Fsp3) is 0.542. The monoisotopic (exact) mass is 460 g/mol. The first-order chi connectivity index (χ1) is 15.9. The number of halogens is 2. The fourth-order valence-corrected chi connectivity index (χ4v) is 4.48. The summed E-state index contributed by atoms with van der Waals surface area (Å²) in [6.45, 7) is 7.56. The molecule has 2 amide bonds. The van der Waals surface area contributed by atoms with Crippen LogP contribution in [0, 0.1) is 23.5 Å². The summed E-state index contributed by atoms with van der Waals surface area (Å²) in [5.74, 6) is -1.53. The summed E-state index contributed by atoms with van der Waals surface area (Å²) in [6, 6.07) is 4.09. The van der Waals surface area contributed by atoms with Crippen molar-refractivity contribution in [3.05, 3.63) is 41.6 Å². The number of likely N-dealkylation sites (tertiary alicyclic amines) is 1. The molecule has 0 spiro atoms. The van der Waals surface area contributed by atoms with Gasteiger partial charge in [-0.25, -0.2) is 8.78 Å². The molecule has 1 saturated heterocycles. The van der Waals surface area contributed by atoms with Crippen LogP contribution in [0.3, 0.4) is 0 Å². The number of hydrogen-bond donors (Lipinski definition) is 1. The molecule has 1 aliphatic carbocycles. The Balaban J connectivity index is 1.48. The maximum atomic E-state index is 14.1. The first kappa shape index (κ1) is 23.4. The number of benzene rings is 1. The summed E-state index contributed by atoms with van der Waals surface area (Å²) < 4.78 is 32.4. The van der Waals surface area contributed by atoms with Gasteiger partial charge in [-0.1, -0.05) is 5.16 Å². The van der Waals surface area contributed by atoms with E-state index < -0.39 is 17.5 Å². The van der Waals surface area contributed by atoms with Gasteiger partial charge in [-0.2, -0.15) is 0 Å². The van der Waals surface area contributed by atoms with E-state index in [4.69, 9.17) is 4.52 Å². The van der Waals surface area contributed by atoms with Crippen molar-refractivity contribution in [3.63, 3.8) is 0 Å². The van der Waals surface area contributed by atoms with Crippen LogP contribution in [0.5, 0.6) is 0 Å². The Kier molecular flexibility index (Phi) is 7.07. The van der Waals surface area contributed by atoms with Crippen LogP contribution in [0.1, 0.15) is 43.6 Å². The number of piperidine rings is 1. The molecule has 9 heteroatoms. The fourth-order valence-electron chi connectivity index (χ4n) is 4.48. The topological polar surface area (TPSA) is 78.7 Å². The van der Waals surface area contributed by atoms with Crippen LogP contribution in [-0.2, 0) is 4.79 Å². The second kappa shape index (κ2) is 9.99. The second-order valence-corrected chi connectivity index (χ2v) is 8.89. The number of carbonyl (C=O) groups is 2. The third kappa shape index (κ3) is 5.40. The van der Waals surface area contributed by atoms with E-state index >= 15 is 0 Å². The van der Waals surface area contributed by atoms with Crippen LogP contribution >= 0.6 is 0 Å². The van der Waals surface area contributed by atoms with Gasteiger partial charge >= 0.3 is 0 Å². The normalized spacial score (nSPS) is 21.1. The summed E-state index contributed by atoms with van der Waals surface area (Å²) in [5, 5.41) is 6.73. The van der Waals surface area contributed by atoms with Gasteiger partial charge in [-0.15, -0.1) is 0 Å². The highest BCUT2D eigenvalue weighted by molar-refractivity contribution is 5.94. The molecule has 0 unspecified atom stereocenters. The van der Waals surface area contributed by atoms with Gasteiger partial charge in [0.1, 0.15) is 11.6 Å². The largest absolute Gasteiger partial charge is 0.355 e. The molecule has 1 aliphatic heterocycles. The maximum absolute atomic E-state index is 14.1. The molecule has 2 fully saturated rings. The Hall–Kier alpha value is -2.81. The molecule has 2 aromatic rings. The number of rotatable bonds is 8. The van der Waals surface area contributed by atoms with E-state index in [2.05, 4.69) is 15.4 Å². The molecule has 1 N–H and O–H groups in total. The zero-order valence-electron chi connectivity index (χ0n) is 19.0. The van der Waals surface area contributed by atoms with Gasteiger partial charge in [0.05, 0.1) is 11.5 Å². The predicted octanol–water partition coefficient (Wildman–Crippen LogP) is 3.32. The lowest BCUT2D eigenvalue weighted by Crippen LogP contribution is -2.56. The third-order valence-electron chi connectivity index (χ3n) is 6.56. The lowest BCUT2D eigenvalue weighted by atomic mass is 9.90. The van der Waals surface area contributed by atoms with Gasteiger partial charge in [0, 0.05) is 50.9 Å². The van der Waals surface area contributed by atoms with Crippen LogP contribution < -0.4 is 5.32 Å². The molecule has 2 heterocycles. The average Bonchev–Trinajstić information content (AvgIpc) is 3.47. The van der Waals surface area contributed by atoms with E-state index in [0.717, 1.165) is 31.1 Å². The minimum Gasteiger partial charge on any atom is -0.355 e. The lowest BCUT2D eigenvalue weighted by Gasteiger charge is -2.40. The van der Waals surface area contributed by atoms with Gasteiger partial charge in [-0.05, 0) is 51.2 Å². The Labute approximate surface area is 192 Å². The summed E-state index contributed by atoms with van der Waals surface area (Å²) in [4.78, 5) is 30.3. The van der Waals surface area contributed by atoms with Crippen LogP contribution in [0.4, 0.5) is 8.78 Å². The Morgan fingerprint density at radius 2 is 1.94 bits per heavy atom. The van der Waals surface area contributed by atoms with E-state index in [1.54, 1.807) is 4.90 Å². The van der Waals surface area contributed by atoms with Gasteiger partial charge in [0.15, 0.2) is 11.5 Å². The second-order valence-electron chi connectivity index (χ2n) is 8.89. The molecular weight excluding hydrogens is 430 g/mol. The van der Waals surface area contributed by atoms with Crippen molar-refractivity contribution in [2.24, 2.45) is 11.8 Å². The smallest absolute Gasteiger partial charge is 0.273 e. The third-order valence-corrected chi connectivity index (χ3v) is 6.56. The lowest BCUT2D eigenvalue weighted by molar-refractivity contribution is -0.138. The van der Waals surface area contributed by atoms with Crippen molar-refractivity contribution in [2.45, 2.75) is 39.2 Å². The van der Waals surface area contributed by atoms with Crippen molar-refractivity contribution in [1.29, 1.82) is 0 Å². The average molecular weight is 461 g/mol. The summed E-state index contributed by atoms with van der Waals surface area (Å²) >= 11 is 0. The minimum absolute atomic E-state index is 0.0110. The number of aromatic nitrogens is 1. The number of amides is 2. The summed E-state index contributed by atoms with van der Waals surface area (Å²) in [6.07, 6.45) is 3.15. The van der Waals surface area contributed by atoms with Crippen LogP contribution in [0.2, 0.25) is 0 Å². The van der Waals surface area contributed by atoms with Crippen LogP contribution in [0.25, 0.3) is 11.3 Å². The van der Waals surface area contributed by atoms with Crippen molar-refractivity contribution in [3.8, 4) is 11.3 Å². The first-order valence-electron chi connectivity index (χ1n) is 11.6. The molecule has 1 aromatic heterocycles. The van der Waals surface area contributed by atoms with E-state index in [0.29, 0.717) is 26.1 Å². The Morgan fingerprint density at radius 1 is 1.18 bits per heavy atom. The SMILES string of the molecule is CCN(CC)C(=O)[C@@H]1CN(CC2CC2)CC[C@H]1NC(=O)c1cc(-c2ccc(F)cc2F)on1. The van der Waals surface area contributed by atoms with Crippen molar-refractivity contribution in [2.75, 3.05) is 32.7 Å². The van der Waals surface area contributed by atoms with E-state index in [9.17, 15) is 18.4 Å². The van der Waals surface area contributed by atoms with E-state index in [-0.39, 0.29) is 34.9 Å². The molecule has 2 atom stereocenters. The zero-order valence-corrected chi connectivity index (χ0v) is 19.0. The summed E-state index contributed by atoms with van der Waals surface area (Å²) in [7, 11) is 0. The molecule has 0 bridgehead atoms. The standard InChI is InChI=1S/C24H30F2N4O3/c1-3-30(4-2)24(32)18-14-29(13-15-5-6-15)10-9-20(18)27-23(31)21-12-22(33-28-21)17-8-7-16(25)11-19(17)26/h7-8,11-12,15,18,20H,3-6,9-10,13-14H2,1-2H3,(H,27,31)/t18-,20-/m1/s1. The molecule has 7 nitrogen and oxygen atoms in total. The molecule has 1 saturated carbocycles. The Bertz CT molecular complexity index is 1000. The number of nitrogens with one attached hydrogen (secondary N) is 1. The molecule has 1 aromatic carbocycles. The molecule has 2 aliphatic rings. The summed E-state index contributed by atoms with van der Waals surface area (Å²) in [5.41, 5.74) is 0.00842. The highest BCUT2D eigenvalue weighted by atomic mass is 19.1. The van der Waals surface area contributed by atoms with Gasteiger partial charge in [0.25, 0.3) is 5.91 Å². The molecule has 4 rings (SSSR count). The Morgan fingerprint density at radius 3 is 2.61 bits per heavy atom. The van der Waals surface area contributed by atoms with Crippen LogP contribution in [-0.4, -0.2) is 65.5 Å².